The van der Waals surface area contributed by atoms with Gasteiger partial charge in [0.05, 0.1) is 12.1 Å². The molecule has 5 nitrogen and oxygen atoms in total. The molecule has 0 radical (unpaired) electrons. The van der Waals surface area contributed by atoms with Gasteiger partial charge in [0.25, 0.3) is 5.91 Å². The van der Waals surface area contributed by atoms with Crippen molar-refractivity contribution < 1.29 is 9.53 Å². The molecule has 2 rings (SSSR count). The Hall–Kier alpha value is -2.39. The molecule has 0 saturated heterocycles. The molecule has 0 aliphatic rings. The molecule has 108 valence electrons. The van der Waals surface area contributed by atoms with Crippen LogP contribution >= 0.6 is 11.3 Å². The summed E-state index contributed by atoms with van der Waals surface area (Å²) in [5.41, 5.74) is 1.35. The van der Waals surface area contributed by atoms with Crippen LogP contribution in [0.2, 0.25) is 0 Å². The van der Waals surface area contributed by atoms with Crippen LogP contribution in [-0.4, -0.2) is 17.0 Å². The van der Waals surface area contributed by atoms with Crippen molar-refractivity contribution in [3.63, 3.8) is 0 Å². The molecule has 0 aliphatic carbocycles. The quantitative estimate of drug-likeness (QED) is 0.920. The van der Waals surface area contributed by atoms with Crippen molar-refractivity contribution >= 4 is 17.2 Å². The molecule has 0 aliphatic heterocycles. The highest BCUT2D eigenvalue weighted by Crippen LogP contribution is 2.18. The summed E-state index contributed by atoms with van der Waals surface area (Å²) in [6.07, 6.45) is -0.680. The minimum atomic E-state index is -0.680. The molecule has 0 saturated carbocycles. The van der Waals surface area contributed by atoms with Gasteiger partial charge in [-0.3, -0.25) is 4.79 Å². The monoisotopic (exact) mass is 301 g/mol. The SMILES string of the molecule is Cc1csc(CNC(=O)[C@@H](C)Oc2ccccc2C#N)n1. The first kappa shape index (κ1) is 15.0. The normalized spacial score (nSPS) is 11.5. The summed E-state index contributed by atoms with van der Waals surface area (Å²) in [5, 5.41) is 14.5. The molecule has 1 N–H and O–H groups in total. The van der Waals surface area contributed by atoms with Crippen LogP contribution in [0, 0.1) is 18.3 Å². The molecule has 0 unspecified atom stereocenters. The number of rotatable bonds is 5. The summed E-state index contributed by atoms with van der Waals surface area (Å²) in [4.78, 5) is 16.3. The minimum Gasteiger partial charge on any atom is -0.480 e. The number of thiazole rings is 1. The van der Waals surface area contributed by atoms with Gasteiger partial charge < -0.3 is 10.1 Å². The van der Waals surface area contributed by atoms with Crippen LogP contribution in [0.5, 0.6) is 5.75 Å². The van der Waals surface area contributed by atoms with Gasteiger partial charge in [0.1, 0.15) is 16.8 Å². The van der Waals surface area contributed by atoms with E-state index in [1.54, 1.807) is 31.2 Å². The van der Waals surface area contributed by atoms with E-state index in [9.17, 15) is 4.79 Å². The molecule has 2 aromatic rings. The van der Waals surface area contributed by atoms with Crippen molar-refractivity contribution in [2.45, 2.75) is 26.5 Å². The van der Waals surface area contributed by atoms with Crippen LogP contribution in [0.25, 0.3) is 0 Å². The van der Waals surface area contributed by atoms with Gasteiger partial charge in [0.15, 0.2) is 6.10 Å². The maximum atomic E-state index is 12.0. The number of nitrogens with zero attached hydrogens (tertiary/aromatic N) is 2. The lowest BCUT2D eigenvalue weighted by Crippen LogP contribution is -2.36. The van der Waals surface area contributed by atoms with Crippen molar-refractivity contribution in [1.82, 2.24) is 10.3 Å². The second kappa shape index (κ2) is 6.86. The summed E-state index contributed by atoms with van der Waals surface area (Å²) in [5.74, 6) is 0.170. The minimum absolute atomic E-state index is 0.240. The van der Waals surface area contributed by atoms with Gasteiger partial charge in [-0.15, -0.1) is 11.3 Å². The fourth-order valence-corrected chi connectivity index (χ4v) is 2.41. The Kier molecular flexibility index (Phi) is 4.90. The molecule has 1 heterocycles. The molecule has 1 aromatic heterocycles. The van der Waals surface area contributed by atoms with E-state index in [4.69, 9.17) is 10.00 Å². The van der Waals surface area contributed by atoms with E-state index < -0.39 is 6.10 Å². The average Bonchev–Trinajstić information content (AvgIpc) is 2.91. The van der Waals surface area contributed by atoms with Crippen LogP contribution in [0.1, 0.15) is 23.2 Å². The largest absolute Gasteiger partial charge is 0.480 e. The number of nitriles is 1. The lowest BCUT2D eigenvalue weighted by atomic mass is 10.2. The van der Waals surface area contributed by atoms with Crippen molar-refractivity contribution in [2.75, 3.05) is 0 Å². The average molecular weight is 301 g/mol. The van der Waals surface area contributed by atoms with Crippen molar-refractivity contribution in [1.29, 1.82) is 5.26 Å². The molecular formula is C15H15N3O2S. The Morgan fingerprint density at radius 3 is 2.95 bits per heavy atom. The molecule has 0 bridgehead atoms. The Balaban J connectivity index is 1.92. The van der Waals surface area contributed by atoms with Gasteiger partial charge in [-0.05, 0) is 26.0 Å². The van der Waals surface area contributed by atoms with Gasteiger partial charge in [0.2, 0.25) is 0 Å². The van der Waals surface area contributed by atoms with E-state index in [1.165, 1.54) is 11.3 Å². The highest BCUT2D eigenvalue weighted by Gasteiger charge is 2.16. The smallest absolute Gasteiger partial charge is 0.261 e. The van der Waals surface area contributed by atoms with Crippen molar-refractivity contribution in [3.05, 3.63) is 45.9 Å². The van der Waals surface area contributed by atoms with Crippen molar-refractivity contribution in [2.24, 2.45) is 0 Å². The van der Waals surface area contributed by atoms with Gasteiger partial charge in [-0.1, -0.05) is 12.1 Å². The zero-order valence-corrected chi connectivity index (χ0v) is 12.6. The van der Waals surface area contributed by atoms with E-state index in [2.05, 4.69) is 10.3 Å². The Morgan fingerprint density at radius 2 is 2.29 bits per heavy atom. The zero-order valence-electron chi connectivity index (χ0n) is 11.8. The summed E-state index contributed by atoms with van der Waals surface area (Å²) < 4.78 is 5.54. The molecule has 0 spiro atoms. The number of aromatic nitrogens is 1. The number of hydrogen-bond donors (Lipinski definition) is 1. The number of ether oxygens (including phenoxy) is 1. The molecule has 1 aromatic carbocycles. The van der Waals surface area contributed by atoms with Crippen LogP contribution in [0.15, 0.2) is 29.6 Å². The Morgan fingerprint density at radius 1 is 1.52 bits per heavy atom. The summed E-state index contributed by atoms with van der Waals surface area (Å²) in [7, 11) is 0. The number of aryl methyl sites for hydroxylation is 1. The lowest BCUT2D eigenvalue weighted by Gasteiger charge is -2.15. The third kappa shape index (κ3) is 4.04. The summed E-state index contributed by atoms with van der Waals surface area (Å²) in [6.45, 7) is 3.94. The fourth-order valence-electron chi connectivity index (χ4n) is 1.70. The third-order valence-electron chi connectivity index (χ3n) is 2.76. The van der Waals surface area contributed by atoms with Gasteiger partial charge in [-0.2, -0.15) is 5.26 Å². The van der Waals surface area contributed by atoms with Gasteiger partial charge >= 0.3 is 0 Å². The number of amides is 1. The van der Waals surface area contributed by atoms with Crippen LogP contribution in [0.3, 0.4) is 0 Å². The number of nitrogens with one attached hydrogen (secondary N) is 1. The molecule has 1 atom stereocenters. The lowest BCUT2D eigenvalue weighted by molar-refractivity contribution is -0.127. The first-order chi connectivity index (χ1) is 10.1. The molecule has 1 amide bonds. The Labute approximate surface area is 127 Å². The predicted octanol–water partition coefficient (Wildman–Crippen LogP) is 2.41. The summed E-state index contributed by atoms with van der Waals surface area (Å²) in [6, 6.07) is 8.87. The van der Waals surface area contributed by atoms with E-state index >= 15 is 0 Å². The highest BCUT2D eigenvalue weighted by molar-refractivity contribution is 7.09. The standard InChI is InChI=1S/C15H15N3O2S/c1-10-9-21-14(18-10)8-17-15(19)11(2)20-13-6-4-3-5-12(13)7-16/h3-6,9,11H,8H2,1-2H3,(H,17,19)/t11-/m1/s1. The Bertz CT molecular complexity index is 676. The van der Waals surface area contributed by atoms with Crippen LogP contribution < -0.4 is 10.1 Å². The molecular weight excluding hydrogens is 286 g/mol. The zero-order chi connectivity index (χ0) is 15.2. The van der Waals surface area contributed by atoms with Crippen LogP contribution in [0.4, 0.5) is 0 Å². The van der Waals surface area contributed by atoms with E-state index in [0.29, 0.717) is 17.9 Å². The molecule has 21 heavy (non-hydrogen) atoms. The van der Waals surface area contributed by atoms with Crippen LogP contribution in [-0.2, 0) is 11.3 Å². The highest BCUT2D eigenvalue weighted by atomic mass is 32.1. The first-order valence-electron chi connectivity index (χ1n) is 6.44. The molecule has 0 fully saturated rings. The number of hydrogen-bond acceptors (Lipinski definition) is 5. The maximum Gasteiger partial charge on any atom is 0.261 e. The van der Waals surface area contributed by atoms with Gasteiger partial charge in [-0.25, -0.2) is 4.98 Å². The second-order valence-corrected chi connectivity index (χ2v) is 5.41. The van der Waals surface area contributed by atoms with Crippen molar-refractivity contribution in [3.8, 4) is 11.8 Å². The number of para-hydroxylation sites is 1. The summed E-state index contributed by atoms with van der Waals surface area (Å²) >= 11 is 1.50. The number of carbonyl (C=O) groups excluding carboxylic acids is 1. The van der Waals surface area contributed by atoms with E-state index in [0.717, 1.165) is 10.7 Å². The van der Waals surface area contributed by atoms with E-state index in [-0.39, 0.29) is 5.91 Å². The maximum absolute atomic E-state index is 12.0. The number of carbonyl (C=O) groups is 1. The first-order valence-corrected chi connectivity index (χ1v) is 7.32. The number of benzene rings is 1. The second-order valence-electron chi connectivity index (χ2n) is 4.47. The van der Waals surface area contributed by atoms with Gasteiger partial charge in [0, 0.05) is 11.1 Å². The molecule has 6 heteroatoms. The van der Waals surface area contributed by atoms with E-state index in [1.807, 2.05) is 18.4 Å². The topological polar surface area (TPSA) is 75.0 Å². The predicted molar refractivity (Wildman–Crippen MR) is 79.9 cm³/mol. The fraction of sp³-hybridized carbons (Fsp3) is 0.267. The third-order valence-corrected chi connectivity index (χ3v) is 3.73.